The van der Waals surface area contributed by atoms with Gasteiger partial charge in [0.25, 0.3) is 5.56 Å². The largest absolute Gasteiger partial charge is 0.497 e. The van der Waals surface area contributed by atoms with E-state index in [0.717, 1.165) is 53.5 Å². The van der Waals surface area contributed by atoms with Crippen molar-refractivity contribution >= 4 is 21.6 Å². The maximum atomic E-state index is 12.5. The molecule has 27 heavy (non-hydrogen) atoms. The number of aromatic amines is 1. The van der Waals surface area contributed by atoms with Crippen LogP contribution in [0.5, 0.6) is 5.75 Å². The van der Waals surface area contributed by atoms with Gasteiger partial charge in [0.05, 0.1) is 25.3 Å². The first-order valence-electron chi connectivity index (χ1n) is 9.08. The van der Waals surface area contributed by atoms with E-state index in [2.05, 4.69) is 9.88 Å². The van der Waals surface area contributed by atoms with Crippen LogP contribution in [0.3, 0.4) is 0 Å². The molecule has 1 aliphatic heterocycles. The summed E-state index contributed by atoms with van der Waals surface area (Å²) >= 11 is 1.47. The molecule has 4 rings (SSSR count). The minimum absolute atomic E-state index is 0.0634. The van der Waals surface area contributed by atoms with Crippen molar-refractivity contribution in [3.8, 4) is 16.2 Å². The van der Waals surface area contributed by atoms with E-state index in [1.54, 1.807) is 14.2 Å². The highest BCUT2D eigenvalue weighted by Crippen LogP contribution is 2.31. The highest BCUT2D eigenvalue weighted by molar-refractivity contribution is 7.22. The molecule has 1 aromatic carbocycles. The van der Waals surface area contributed by atoms with Crippen LogP contribution in [0.25, 0.3) is 20.7 Å². The minimum Gasteiger partial charge on any atom is -0.497 e. The number of ether oxygens (including phenoxy) is 2. The van der Waals surface area contributed by atoms with E-state index in [0.29, 0.717) is 17.3 Å². The minimum atomic E-state index is -0.0634. The van der Waals surface area contributed by atoms with Crippen molar-refractivity contribution < 1.29 is 9.47 Å². The summed E-state index contributed by atoms with van der Waals surface area (Å²) in [6.07, 6.45) is 2.38. The summed E-state index contributed by atoms with van der Waals surface area (Å²) in [5, 5.41) is 0. The van der Waals surface area contributed by atoms with Crippen LogP contribution in [0.4, 0.5) is 0 Å². The topological polar surface area (TPSA) is 67.5 Å². The molecule has 0 amide bonds. The van der Waals surface area contributed by atoms with Crippen molar-refractivity contribution in [3.05, 3.63) is 46.5 Å². The van der Waals surface area contributed by atoms with Gasteiger partial charge in [-0.05, 0) is 48.7 Å². The molecule has 0 radical (unpaired) electrons. The first-order chi connectivity index (χ1) is 13.2. The summed E-state index contributed by atoms with van der Waals surface area (Å²) in [6.45, 7) is 2.58. The number of aromatic nitrogens is 2. The monoisotopic (exact) mass is 385 g/mol. The predicted octanol–water partition coefficient (Wildman–Crippen LogP) is 3.27. The Morgan fingerprint density at radius 2 is 1.96 bits per heavy atom. The van der Waals surface area contributed by atoms with Crippen molar-refractivity contribution in [3.63, 3.8) is 0 Å². The molecule has 7 heteroatoms. The molecule has 3 aromatic rings. The van der Waals surface area contributed by atoms with Gasteiger partial charge in [-0.25, -0.2) is 4.98 Å². The number of hydrogen-bond donors (Lipinski definition) is 1. The van der Waals surface area contributed by atoms with Crippen LogP contribution >= 0.6 is 11.3 Å². The van der Waals surface area contributed by atoms with E-state index >= 15 is 0 Å². The van der Waals surface area contributed by atoms with Crippen molar-refractivity contribution in [2.75, 3.05) is 27.3 Å². The van der Waals surface area contributed by atoms with Crippen LogP contribution in [-0.4, -0.2) is 48.3 Å². The summed E-state index contributed by atoms with van der Waals surface area (Å²) in [5.41, 5.74) is 1.75. The molecule has 6 nitrogen and oxygen atoms in total. The van der Waals surface area contributed by atoms with Crippen LogP contribution in [0.1, 0.15) is 18.7 Å². The Morgan fingerprint density at radius 1 is 1.22 bits per heavy atom. The zero-order valence-electron chi connectivity index (χ0n) is 15.5. The number of thiophene rings is 1. The normalized spacial score (nSPS) is 16.1. The molecule has 0 atom stereocenters. The first kappa shape index (κ1) is 18.2. The van der Waals surface area contributed by atoms with Gasteiger partial charge >= 0.3 is 0 Å². The quantitative estimate of drug-likeness (QED) is 0.730. The van der Waals surface area contributed by atoms with Gasteiger partial charge in [0.15, 0.2) is 0 Å². The van der Waals surface area contributed by atoms with Crippen molar-refractivity contribution in [1.82, 2.24) is 14.9 Å². The lowest BCUT2D eigenvalue weighted by atomic mass is 10.1. The van der Waals surface area contributed by atoms with Gasteiger partial charge in [-0.1, -0.05) is 0 Å². The molecule has 1 aliphatic rings. The third kappa shape index (κ3) is 3.90. The van der Waals surface area contributed by atoms with Gasteiger partial charge in [-0.3, -0.25) is 9.69 Å². The smallest absolute Gasteiger partial charge is 0.268 e. The van der Waals surface area contributed by atoms with Gasteiger partial charge in [-0.2, -0.15) is 0 Å². The summed E-state index contributed by atoms with van der Waals surface area (Å²) in [7, 11) is 3.42. The molecule has 0 unspecified atom stereocenters. The van der Waals surface area contributed by atoms with Crippen LogP contribution in [0.15, 0.2) is 35.1 Å². The van der Waals surface area contributed by atoms with E-state index in [-0.39, 0.29) is 5.56 Å². The second kappa shape index (κ2) is 7.80. The SMILES string of the molecule is COc1ccc(-c2cc3nc(CN4CCC(OC)CC4)[nH]c(=O)c3s2)cc1. The third-order valence-corrected chi connectivity index (χ3v) is 6.22. The average Bonchev–Trinajstić information content (AvgIpc) is 3.13. The fourth-order valence-electron chi connectivity index (χ4n) is 3.48. The number of piperidine rings is 1. The Bertz CT molecular complexity index is 972. The van der Waals surface area contributed by atoms with Crippen molar-refractivity contribution in [1.29, 1.82) is 0 Å². The molecule has 1 N–H and O–H groups in total. The Labute approximate surface area is 161 Å². The number of hydrogen-bond acceptors (Lipinski definition) is 6. The Morgan fingerprint density at radius 3 is 2.63 bits per heavy atom. The number of likely N-dealkylation sites (tertiary alicyclic amines) is 1. The van der Waals surface area contributed by atoms with E-state index in [9.17, 15) is 4.79 Å². The van der Waals surface area contributed by atoms with E-state index in [1.807, 2.05) is 30.3 Å². The fraction of sp³-hybridized carbons (Fsp3) is 0.400. The second-order valence-electron chi connectivity index (χ2n) is 6.78. The summed E-state index contributed by atoms with van der Waals surface area (Å²) in [4.78, 5) is 23.6. The molecular weight excluding hydrogens is 362 g/mol. The van der Waals surface area contributed by atoms with E-state index in [4.69, 9.17) is 14.5 Å². The van der Waals surface area contributed by atoms with Crippen LogP contribution in [-0.2, 0) is 11.3 Å². The fourth-order valence-corrected chi connectivity index (χ4v) is 4.47. The Kier molecular flexibility index (Phi) is 5.24. The maximum absolute atomic E-state index is 12.5. The molecule has 142 valence electrons. The highest BCUT2D eigenvalue weighted by Gasteiger charge is 2.20. The molecule has 3 heterocycles. The van der Waals surface area contributed by atoms with Gasteiger partial charge in [-0.15, -0.1) is 11.3 Å². The molecule has 0 saturated carbocycles. The highest BCUT2D eigenvalue weighted by atomic mass is 32.1. The number of fused-ring (bicyclic) bond motifs is 1. The van der Waals surface area contributed by atoms with Gasteiger partial charge in [0.2, 0.25) is 0 Å². The summed E-state index contributed by atoms with van der Waals surface area (Å²) in [6, 6.07) is 9.84. The van der Waals surface area contributed by atoms with Gasteiger partial charge < -0.3 is 14.5 Å². The molecule has 0 aliphatic carbocycles. The number of benzene rings is 1. The summed E-state index contributed by atoms with van der Waals surface area (Å²) in [5.74, 6) is 1.54. The molecule has 1 saturated heterocycles. The Hall–Kier alpha value is -2.22. The maximum Gasteiger partial charge on any atom is 0.268 e. The molecule has 0 bridgehead atoms. The average molecular weight is 385 g/mol. The lowest BCUT2D eigenvalue weighted by Gasteiger charge is -2.30. The lowest BCUT2D eigenvalue weighted by molar-refractivity contribution is 0.0381. The molecular formula is C20H23N3O3S. The van der Waals surface area contributed by atoms with Crippen molar-refractivity contribution in [2.45, 2.75) is 25.5 Å². The third-order valence-electron chi connectivity index (χ3n) is 5.05. The Balaban J connectivity index is 1.57. The standard InChI is InChI=1S/C20H23N3O3S/c1-25-14-5-3-13(4-6-14)17-11-16-19(27-17)20(24)22-18(21-16)12-23-9-7-15(26-2)8-10-23/h3-6,11,15H,7-10,12H2,1-2H3,(H,21,22,24). The van der Waals surface area contributed by atoms with Crippen LogP contribution in [0, 0.1) is 0 Å². The van der Waals surface area contributed by atoms with Crippen LogP contribution < -0.4 is 10.3 Å². The zero-order valence-corrected chi connectivity index (χ0v) is 16.3. The van der Waals surface area contributed by atoms with Gasteiger partial charge in [0.1, 0.15) is 16.3 Å². The lowest BCUT2D eigenvalue weighted by Crippen LogP contribution is -2.36. The van der Waals surface area contributed by atoms with Crippen LogP contribution in [0.2, 0.25) is 0 Å². The number of methoxy groups -OCH3 is 2. The van der Waals surface area contributed by atoms with Gasteiger partial charge in [0, 0.05) is 25.1 Å². The molecule has 1 fully saturated rings. The summed E-state index contributed by atoms with van der Waals surface area (Å²) < 4.78 is 11.3. The number of nitrogens with zero attached hydrogens (tertiary/aromatic N) is 2. The second-order valence-corrected chi connectivity index (χ2v) is 7.83. The zero-order chi connectivity index (χ0) is 18.8. The van der Waals surface area contributed by atoms with E-state index in [1.165, 1.54) is 11.3 Å². The number of nitrogens with one attached hydrogen (secondary N) is 1. The molecule has 2 aromatic heterocycles. The van der Waals surface area contributed by atoms with Crippen molar-refractivity contribution in [2.24, 2.45) is 0 Å². The molecule has 0 spiro atoms. The van der Waals surface area contributed by atoms with E-state index < -0.39 is 0 Å². The number of H-pyrrole nitrogens is 1. The predicted molar refractivity (Wildman–Crippen MR) is 108 cm³/mol. The first-order valence-corrected chi connectivity index (χ1v) is 9.90. The number of rotatable bonds is 5.